The number of aliphatic carboxylic acids is 1. The van der Waals surface area contributed by atoms with Gasteiger partial charge in [-0.2, -0.15) is 0 Å². The van der Waals surface area contributed by atoms with Gasteiger partial charge in [0.15, 0.2) is 0 Å². The van der Waals surface area contributed by atoms with E-state index in [0.29, 0.717) is 7.69 Å². The van der Waals surface area contributed by atoms with Crippen LogP contribution < -0.4 is 5.73 Å². The molecule has 0 rings (SSSR count). The van der Waals surface area contributed by atoms with Crippen molar-refractivity contribution in [3.63, 3.8) is 0 Å². The first-order valence-electron chi connectivity index (χ1n) is 2.24. The maximum Gasteiger partial charge on any atom is 0.485 e. The van der Waals surface area contributed by atoms with Crippen LogP contribution in [0.1, 0.15) is 0 Å². The van der Waals surface area contributed by atoms with Crippen molar-refractivity contribution in [3.8, 4) is 0 Å². The average Bonchev–Trinajstić information content (AvgIpc) is 1.82. The molecule has 0 aromatic rings. The third-order valence-corrected chi connectivity index (χ3v) is 0.668. The maximum atomic E-state index is 9.90. The second-order valence-electron chi connectivity index (χ2n) is 1.38. The second kappa shape index (κ2) is 4.31. The van der Waals surface area contributed by atoms with Crippen LogP contribution >= 0.6 is 0 Å². The van der Waals surface area contributed by atoms with E-state index < -0.39 is 12.0 Å². The van der Waals surface area contributed by atoms with E-state index in [2.05, 4.69) is 4.65 Å². The van der Waals surface area contributed by atoms with Gasteiger partial charge in [0.2, 0.25) is 0 Å². The molecule has 0 aromatic carbocycles. The quantitative estimate of drug-likeness (QED) is 0.382. The van der Waals surface area contributed by atoms with Gasteiger partial charge in [0.25, 0.3) is 0 Å². The summed E-state index contributed by atoms with van der Waals surface area (Å²) in [6, 6.07) is -1.08. The van der Waals surface area contributed by atoms with Gasteiger partial charge in [-0.15, -0.1) is 0 Å². The first-order valence-corrected chi connectivity index (χ1v) is 2.24. The summed E-state index contributed by atoms with van der Waals surface area (Å²) in [5, 5.41) is 16.0. The van der Waals surface area contributed by atoms with Crippen molar-refractivity contribution in [2.75, 3.05) is 6.61 Å². The lowest BCUT2D eigenvalue weighted by atomic mass is 10.3. The lowest BCUT2D eigenvalue weighted by Gasteiger charge is -2.02. The minimum absolute atomic E-state index is 0.216. The Morgan fingerprint density at radius 1 is 1.89 bits per heavy atom. The van der Waals surface area contributed by atoms with E-state index in [1.165, 1.54) is 0 Å². The molecule has 0 unspecified atom stereocenters. The zero-order chi connectivity index (χ0) is 7.28. The molecule has 0 saturated heterocycles. The number of nitrogens with two attached hydrogens (primary N) is 1. The molecule has 51 valence electrons. The summed E-state index contributed by atoms with van der Waals surface area (Å²) in [6.07, 6.45) is 0. The number of rotatable bonds is 4. The molecule has 0 heterocycles. The van der Waals surface area contributed by atoms with Crippen LogP contribution in [-0.4, -0.2) is 36.4 Å². The molecule has 0 fully saturated rings. The zero-order valence-electron chi connectivity index (χ0n) is 4.65. The van der Waals surface area contributed by atoms with E-state index >= 15 is 0 Å². The molecule has 1 radical (unpaired) electrons. The van der Waals surface area contributed by atoms with Crippen LogP contribution in [0.4, 0.5) is 0 Å². The van der Waals surface area contributed by atoms with Crippen molar-refractivity contribution < 1.29 is 19.6 Å². The number of carboxylic acid groups (broad SMARTS) is 1. The molecule has 9 heavy (non-hydrogen) atoms. The van der Waals surface area contributed by atoms with Gasteiger partial charge in [0.1, 0.15) is 6.04 Å². The summed E-state index contributed by atoms with van der Waals surface area (Å²) in [4.78, 5) is 9.90. The van der Waals surface area contributed by atoms with Crippen LogP contribution in [0, 0.1) is 0 Å². The van der Waals surface area contributed by atoms with E-state index in [4.69, 9.17) is 15.9 Å². The van der Waals surface area contributed by atoms with E-state index in [1.807, 2.05) is 0 Å². The normalized spacial score (nSPS) is 12.7. The Labute approximate surface area is 52.7 Å². The van der Waals surface area contributed by atoms with Crippen molar-refractivity contribution in [1.29, 1.82) is 0 Å². The Bertz CT molecular complexity index is 97.8. The predicted molar refractivity (Wildman–Crippen MR) is 29.5 cm³/mol. The Morgan fingerprint density at radius 2 is 2.44 bits per heavy atom. The molecular weight excluding hydrogens is 125 g/mol. The van der Waals surface area contributed by atoms with Gasteiger partial charge in [-0.1, -0.05) is 0 Å². The Kier molecular flexibility index (Phi) is 4.03. The average molecular weight is 132 g/mol. The van der Waals surface area contributed by atoms with Crippen LogP contribution in [-0.2, 0) is 9.45 Å². The highest BCUT2D eigenvalue weighted by Gasteiger charge is 2.10. The first kappa shape index (κ1) is 8.41. The van der Waals surface area contributed by atoms with Gasteiger partial charge in [0, 0.05) is 0 Å². The van der Waals surface area contributed by atoms with E-state index in [1.54, 1.807) is 0 Å². The summed E-state index contributed by atoms with van der Waals surface area (Å²) < 4.78 is 4.18. The maximum absolute atomic E-state index is 9.90. The lowest BCUT2D eigenvalue weighted by molar-refractivity contribution is -0.139. The Balaban J connectivity index is 3.27. The van der Waals surface area contributed by atoms with Gasteiger partial charge in [0.05, 0.1) is 6.61 Å². The third kappa shape index (κ3) is 3.95. The number of carbonyl (C=O) groups is 1. The fraction of sp³-hybridized carbons (Fsp3) is 0.667. The lowest BCUT2D eigenvalue weighted by Crippen LogP contribution is -2.35. The third-order valence-electron chi connectivity index (χ3n) is 0.668. The molecule has 4 N–H and O–H groups in total. The van der Waals surface area contributed by atoms with Crippen LogP contribution in [0.3, 0.4) is 0 Å². The van der Waals surface area contributed by atoms with Gasteiger partial charge < -0.3 is 20.5 Å². The van der Waals surface area contributed by atoms with Crippen molar-refractivity contribution in [2.45, 2.75) is 6.04 Å². The summed E-state index contributed by atoms with van der Waals surface area (Å²) in [5.74, 6) is -1.16. The standard InChI is InChI=1S/C3H7BNO4/c5-2(3(6)7)1-9-4-8/h2,8H,1,5H2,(H,6,7)/t2-/m0/s1. The van der Waals surface area contributed by atoms with Crippen molar-refractivity contribution in [3.05, 3.63) is 0 Å². The molecule has 6 heteroatoms. The smallest absolute Gasteiger partial charge is 0.480 e. The summed E-state index contributed by atoms with van der Waals surface area (Å²) in [7, 11) is 0.406. The molecule has 0 saturated carbocycles. The van der Waals surface area contributed by atoms with Gasteiger partial charge in [-0.05, 0) is 0 Å². The van der Waals surface area contributed by atoms with Crippen LogP contribution in [0.15, 0.2) is 0 Å². The summed E-state index contributed by atoms with van der Waals surface area (Å²) in [5.41, 5.74) is 4.95. The van der Waals surface area contributed by atoms with E-state index in [0.717, 1.165) is 0 Å². The number of hydrogen-bond acceptors (Lipinski definition) is 4. The van der Waals surface area contributed by atoms with Gasteiger partial charge in [-0.3, -0.25) is 4.79 Å². The molecular formula is C3H7BNO4. The molecule has 0 aliphatic carbocycles. The SMILES string of the molecule is N[C@@H](CO[B]O)C(=O)O. The Hall–Kier alpha value is -0.585. The monoisotopic (exact) mass is 132 g/mol. The predicted octanol–water partition coefficient (Wildman–Crippen LogP) is -2.06. The fourth-order valence-corrected chi connectivity index (χ4v) is 0.218. The fourth-order valence-electron chi connectivity index (χ4n) is 0.218. The van der Waals surface area contributed by atoms with Crippen LogP contribution in [0.2, 0.25) is 0 Å². The largest absolute Gasteiger partial charge is 0.485 e. The molecule has 5 nitrogen and oxygen atoms in total. The second-order valence-corrected chi connectivity index (χ2v) is 1.38. The molecule has 1 atom stereocenters. The molecule has 0 amide bonds. The van der Waals surface area contributed by atoms with Crippen molar-refractivity contribution in [1.82, 2.24) is 0 Å². The Morgan fingerprint density at radius 3 is 2.78 bits per heavy atom. The number of hydrogen-bond donors (Lipinski definition) is 3. The molecule has 0 spiro atoms. The van der Waals surface area contributed by atoms with Gasteiger partial charge in [-0.25, -0.2) is 0 Å². The minimum atomic E-state index is -1.16. The van der Waals surface area contributed by atoms with Gasteiger partial charge >= 0.3 is 13.7 Å². The molecule has 0 bridgehead atoms. The topological polar surface area (TPSA) is 92.8 Å². The zero-order valence-corrected chi connectivity index (χ0v) is 4.65. The molecule has 0 aromatic heterocycles. The highest BCUT2D eigenvalue weighted by molar-refractivity contribution is 6.15. The highest BCUT2D eigenvalue weighted by atomic mass is 16.5. The van der Waals surface area contributed by atoms with E-state index in [-0.39, 0.29) is 6.61 Å². The van der Waals surface area contributed by atoms with Crippen molar-refractivity contribution >= 4 is 13.7 Å². The minimum Gasteiger partial charge on any atom is -0.480 e. The summed E-state index contributed by atoms with van der Waals surface area (Å²) >= 11 is 0. The molecule has 0 aliphatic rings. The molecule has 0 aliphatic heterocycles. The first-order chi connectivity index (χ1) is 4.18. The summed E-state index contributed by atoms with van der Waals surface area (Å²) in [6.45, 7) is -0.216. The van der Waals surface area contributed by atoms with E-state index in [9.17, 15) is 4.79 Å². The highest BCUT2D eigenvalue weighted by Crippen LogP contribution is 1.78. The number of carboxylic acids is 1. The van der Waals surface area contributed by atoms with Crippen molar-refractivity contribution in [2.24, 2.45) is 5.73 Å². The van der Waals surface area contributed by atoms with Crippen LogP contribution in [0.5, 0.6) is 0 Å². The van der Waals surface area contributed by atoms with Crippen LogP contribution in [0.25, 0.3) is 0 Å².